The van der Waals surface area contributed by atoms with Crippen LogP contribution in [-0.4, -0.2) is 37.6 Å². The van der Waals surface area contributed by atoms with Crippen LogP contribution < -0.4 is 5.73 Å². The Morgan fingerprint density at radius 2 is 1.95 bits per heavy atom. The number of carbonyl (C=O) groups is 1. The molecular weight excluding hydrogens is 276 g/mol. The lowest BCUT2D eigenvalue weighted by Gasteiger charge is -2.37. The average Bonchev–Trinajstić information content (AvgIpc) is 2.49. The minimum atomic E-state index is -0.459. The molecule has 0 spiro atoms. The predicted molar refractivity (Wildman–Crippen MR) is 79.5 cm³/mol. The van der Waals surface area contributed by atoms with Gasteiger partial charge >= 0.3 is 0 Å². The average molecular weight is 297 g/mol. The Labute approximate surface area is 124 Å². The first kappa shape index (κ1) is 15.3. The zero-order valence-electron chi connectivity index (χ0n) is 11.8. The number of nitrogens with two attached hydrogens (primary N) is 1. The molecule has 20 heavy (non-hydrogen) atoms. The lowest BCUT2D eigenvalue weighted by molar-refractivity contribution is -0.146. The van der Waals surface area contributed by atoms with E-state index in [1.165, 1.54) is 0 Å². The lowest BCUT2D eigenvalue weighted by Crippen LogP contribution is -2.49. The number of benzene rings is 1. The number of hydrogen-bond donors (Lipinski definition) is 1. The number of ether oxygens (including phenoxy) is 1. The van der Waals surface area contributed by atoms with E-state index in [1.807, 2.05) is 31.3 Å². The molecule has 1 saturated heterocycles. The van der Waals surface area contributed by atoms with E-state index < -0.39 is 5.41 Å². The quantitative estimate of drug-likeness (QED) is 0.925. The molecule has 0 unspecified atom stereocenters. The first-order chi connectivity index (χ1) is 9.57. The molecule has 1 amide bonds. The summed E-state index contributed by atoms with van der Waals surface area (Å²) in [6, 6.07) is 7.54. The summed E-state index contributed by atoms with van der Waals surface area (Å²) in [5.41, 5.74) is 6.47. The van der Waals surface area contributed by atoms with E-state index >= 15 is 0 Å². The molecule has 110 valence electrons. The highest BCUT2D eigenvalue weighted by atomic mass is 35.5. The van der Waals surface area contributed by atoms with Crippen LogP contribution in [-0.2, 0) is 16.1 Å². The van der Waals surface area contributed by atoms with Gasteiger partial charge in [0.2, 0.25) is 5.91 Å². The molecule has 1 heterocycles. The van der Waals surface area contributed by atoms with Gasteiger partial charge < -0.3 is 15.4 Å². The van der Waals surface area contributed by atoms with Crippen molar-refractivity contribution in [2.24, 2.45) is 11.1 Å². The van der Waals surface area contributed by atoms with Crippen molar-refractivity contribution in [2.75, 3.05) is 26.8 Å². The summed E-state index contributed by atoms with van der Waals surface area (Å²) in [6.45, 7) is 2.16. The summed E-state index contributed by atoms with van der Waals surface area (Å²) in [7, 11) is 1.82. The van der Waals surface area contributed by atoms with Gasteiger partial charge in [-0.25, -0.2) is 0 Å². The molecule has 2 N–H and O–H groups in total. The van der Waals surface area contributed by atoms with Crippen molar-refractivity contribution in [3.63, 3.8) is 0 Å². The summed E-state index contributed by atoms with van der Waals surface area (Å²) >= 11 is 5.87. The summed E-state index contributed by atoms with van der Waals surface area (Å²) < 4.78 is 5.35. The molecule has 2 rings (SSSR count). The molecule has 1 aliphatic rings. The van der Waals surface area contributed by atoms with Crippen molar-refractivity contribution >= 4 is 17.5 Å². The molecule has 0 aliphatic carbocycles. The molecule has 0 radical (unpaired) electrons. The number of halogens is 1. The van der Waals surface area contributed by atoms with Gasteiger partial charge in [-0.3, -0.25) is 4.79 Å². The minimum Gasteiger partial charge on any atom is -0.381 e. The van der Waals surface area contributed by atoms with Crippen LogP contribution in [0.15, 0.2) is 24.3 Å². The van der Waals surface area contributed by atoms with Gasteiger partial charge in [-0.2, -0.15) is 0 Å². The Balaban J connectivity index is 2.05. The second kappa shape index (κ2) is 6.57. The highest BCUT2D eigenvalue weighted by Gasteiger charge is 2.40. The molecule has 0 saturated carbocycles. The van der Waals surface area contributed by atoms with E-state index in [9.17, 15) is 4.79 Å². The van der Waals surface area contributed by atoms with Crippen LogP contribution in [0, 0.1) is 5.41 Å². The van der Waals surface area contributed by atoms with E-state index in [-0.39, 0.29) is 5.91 Å². The van der Waals surface area contributed by atoms with Gasteiger partial charge in [-0.1, -0.05) is 23.7 Å². The fourth-order valence-electron chi connectivity index (χ4n) is 2.61. The van der Waals surface area contributed by atoms with Crippen LogP contribution in [0.4, 0.5) is 0 Å². The van der Waals surface area contributed by atoms with Gasteiger partial charge in [0.1, 0.15) is 0 Å². The molecule has 4 nitrogen and oxygen atoms in total. The molecule has 5 heteroatoms. The van der Waals surface area contributed by atoms with Crippen LogP contribution >= 0.6 is 11.6 Å². The molecule has 1 aromatic carbocycles. The highest BCUT2D eigenvalue weighted by molar-refractivity contribution is 6.30. The minimum absolute atomic E-state index is 0.109. The van der Waals surface area contributed by atoms with E-state index in [0.29, 0.717) is 44.2 Å². The van der Waals surface area contributed by atoms with E-state index in [4.69, 9.17) is 22.1 Å². The fourth-order valence-corrected chi connectivity index (χ4v) is 2.73. The summed E-state index contributed by atoms with van der Waals surface area (Å²) in [4.78, 5) is 14.4. The summed E-state index contributed by atoms with van der Waals surface area (Å²) in [5.74, 6) is 0.109. The molecule has 1 aliphatic heterocycles. The molecule has 0 atom stereocenters. The van der Waals surface area contributed by atoms with Gasteiger partial charge in [0.25, 0.3) is 0 Å². The molecule has 1 aromatic rings. The van der Waals surface area contributed by atoms with Crippen molar-refractivity contribution < 1.29 is 9.53 Å². The number of carbonyl (C=O) groups excluding carboxylic acids is 1. The van der Waals surface area contributed by atoms with Crippen LogP contribution in [0.2, 0.25) is 5.02 Å². The second-order valence-corrected chi connectivity index (χ2v) is 5.82. The van der Waals surface area contributed by atoms with Gasteiger partial charge in [0.05, 0.1) is 5.41 Å². The first-order valence-corrected chi connectivity index (χ1v) is 7.23. The van der Waals surface area contributed by atoms with Crippen molar-refractivity contribution in [3.8, 4) is 0 Å². The van der Waals surface area contributed by atoms with Crippen LogP contribution in [0.1, 0.15) is 18.4 Å². The maximum Gasteiger partial charge on any atom is 0.230 e. The number of rotatable bonds is 4. The second-order valence-electron chi connectivity index (χ2n) is 5.38. The van der Waals surface area contributed by atoms with Gasteiger partial charge in [-0.05, 0) is 30.5 Å². The summed E-state index contributed by atoms with van der Waals surface area (Å²) in [5, 5.41) is 0.700. The zero-order valence-corrected chi connectivity index (χ0v) is 12.5. The maximum absolute atomic E-state index is 12.7. The Morgan fingerprint density at radius 1 is 1.35 bits per heavy atom. The van der Waals surface area contributed by atoms with E-state index in [1.54, 1.807) is 4.90 Å². The smallest absolute Gasteiger partial charge is 0.230 e. The van der Waals surface area contributed by atoms with Crippen molar-refractivity contribution in [1.82, 2.24) is 4.90 Å². The van der Waals surface area contributed by atoms with Crippen molar-refractivity contribution in [2.45, 2.75) is 19.4 Å². The monoisotopic (exact) mass is 296 g/mol. The maximum atomic E-state index is 12.7. The predicted octanol–water partition coefficient (Wildman–Crippen LogP) is 2.05. The Morgan fingerprint density at radius 3 is 2.50 bits per heavy atom. The Hall–Kier alpha value is -1.10. The van der Waals surface area contributed by atoms with Crippen molar-refractivity contribution in [3.05, 3.63) is 34.9 Å². The molecule has 0 bridgehead atoms. The molecule has 0 aromatic heterocycles. The van der Waals surface area contributed by atoms with Crippen molar-refractivity contribution in [1.29, 1.82) is 0 Å². The third-order valence-electron chi connectivity index (χ3n) is 3.97. The molecular formula is C15H21ClN2O2. The van der Waals surface area contributed by atoms with E-state index in [2.05, 4.69) is 0 Å². The Kier molecular flexibility index (Phi) is 5.02. The normalized spacial score (nSPS) is 17.8. The topological polar surface area (TPSA) is 55.6 Å². The fraction of sp³-hybridized carbons (Fsp3) is 0.533. The molecule has 1 fully saturated rings. The number of hydrogen-bond acceptors (Lipinski definition) is 3. The Bertz CT molecular complexity index is 455. The standard InChI is InChI=1S/C15H21ClN2O2/c1-18(10-12-2-4-13(16)5-3-12)14(19)15(11-17)6-8-20-9-7-15/h2-5H,6-11,17H2,1H3. The lowest BCUT2D eigenvalue weighted by atomic mass is 9.79. The highest BCUT2D eigenvalue weighted by Crippen LogP contribution is 2.31. The zero-order chi connectivity index (χ0) is 14.6. The van der Waals surface area contributed by atoms with Gasteiger partial charge in [0.15, 0.2) is 0 Å². The SMILES string of the molecule is CN(Cc1ccc(Cl)cc1)C(=O)C1(CN)CCOCC1. The van der Waals surface area contributed by atoms with Gasteiger partial charge in [0, 0.05) is 38.4 Å². The third-order valence-corrected chi connectivity index (χ3v) is 4.23. The largest absolute Gasteiger partial charge is 0.381 e. The van der Waals surface area contributed by atoms with Gasteiger partial charge in [-0.15, -0.1) is 0 Å². The van der Waals surface area contributed by atoms with Crippen LogP contribution in [0.5, 0.6) is 0 Å². The number of amides is 1. The third kappa shape index (κ3) is 3.32. The van der Waals surface area contributed by atoms with Crippen LogP contribution in [0.25, 0.3) is 0 Å². The summed E-state index contributed by atoms with van der Waals surface area (Å²) in [6.07, 6.45) is 1.40. The van der Waals surface area contributed by atoms with E-state index in [0.717, 1.165) is 5.56 Å². The first-order valence-electron chi connectivity index (χ1n) is 6.85. The van der Waals surface area contributed by atoms with Crippen LogP contribution in [0.3, 0.4) is 0 Å². The number of nitrogens with zero attached hydrogens (tertiary/aromatic N) is 1.